The normalized spacial score (nSPS) is 19.2. The molecule has 6 nitrogen and oxygen atoms in total. The fourth-order valence-electron chi connectivity index (χ4n) is 2.53. The fraction of sp³-hybridized carbons (Fsp3) is 0.200. The average Bonchev–Trinajstić information content (AvgIpc) is 2.51. The van der Waals surface area contributed by atoms with Gasteiger partial charge in [-0.3, -0.25) is 9.59 Å². The van der Waals surface area contributed by atoms with Gasteiger partial charge in [-0.25, -0.2) is 8.42 Å². The molecule has 1 aliphatic rings. The molecule has 1 aliphatic heterocycles. The number of hydrogen-bond acceptors (Lipinski definition) is 4. The Balaban J connectivity index is 1.89. The maximum Gasteiger partial charge on any atom is 0.253 e. The first-order chi connectivity index (χ1) is 10.5. The zero-order valence-corrected chi connectivity index (χ0v) is 12.4. The molecule has 0 spiro atoms. The summed E-state index contributed by atoms with van der Waals surface area (Å²) in [5.41, 5.74) is 0.641. The molecule has 1 aromatic heterocycles. The van der Waals surface area contributed by atoms with Crippen molar-refractivity contribution in [1.82, 2.24) is 10.3 Å². The molecule has 22 heavy (non-hydrogen) atoms. The zero-order valence-electron chi connectivity index (χ0n) is 11.6. The monoisotopic (exact) mass is 318 g/mol. The summed E-state index contributed by atoms with van der Waals surface area (Å²) in [5, 5.41) is 2.82. The Labute approximate surface area is 127 Å². The molecule has 1 amide bonds. The van der Waals surface area contributed by atoms with Gasteiger partial charge in [-0.15, -0.1) is 0 Å². The predicted octanol–water partition coefficient (Wildman–Crippen LogP) is 1.02. The number of H-pyrrole nitrogens is 1. The second-order valence-corrected chi connectivity index (χ2v) is 7.19. The SMILES string of the molecule is O=C(NC1CCS(=O)(=O)c2ccccc21)c1ccc(=O)[nH]c1. The van der Waals surface area contributed by atoms with Gasteiger partial charge in [-0.05, 0) is 24.1 Å². The number of nitrogens with one attached hydrogen (secondary N) is 2. The van der Waals surface area contributed by atoms with Crippen LogP contribution in [0.3, 0.4) is 0 Å². The number of rotatable bonds is 2. The third kappa shape index (κ3) is 2.67. The van der Waals surface area contributed by atoms with Crippen LogP contribution in [0.15, 0.2) is 52.3 Å². The molecule has 3 rings (SSSR count). The quantitative estimate of drug-likeness (QED) is 0.864. The smallest absolute Gasteiger partial charge is 0.253 e. The van der Waals surface area contributed by atoms with Crippen molar-refractivity contribution in [1.29, 1.82) is 0 Å². The summed E-state index contributed by atoms with van der Waals surface area (Å²) in [6, 6.07) is 9.03. The van der Waals surface area contributed by atoms with Crippen LogP contribution in [0.4, 0.5) is 0 Å². The molecule has 0 aliphatic carbocycles. The second-order valence-electron chi connectivity index (χ2n) is 5.11. The van der Waals surface area contributed by atoms with Gasteiger partial charge in [0.1, 0.15) is 0 Å². The van der Waals surface area contributed by atoms with Crippen molar-refractivity contribution in [3.63, 3.8) is 0 Å². The van der Waals surface area contributed by atoms with Crippen LogP contribution < -0.4 is 10.9 Å². The standard InChI is InChI=1S/C15H14N2O4S/c18-14-6-5-10(9-16-14)15(19)17-12-7-8-22(20,21)13-4-2-1-3-11(12)13/h1-6,9,12H,7-8H2,(H,16,18)(H,17,19). The van der Waals surface area contributed by atoms with E-state index >= 15 is 0 Å². The van der Waals surface area contributed by atoms with Crippen LogP contribution in [0, 0.1) is 0 Å². The van der Waals surface area contributed by atoms with Crippen LogP contribution >= 0.6 is 0 Å². The fourth-order valence-corrected chi connectivity index (χ4v) is 4.15. The summed E-state index contributed by atoms with van der Waals surface area (Å²) >= 11 is 0. The molecule has 7 heteroatoms. The molecule has 2 N–H and O–H groups in total. The highest BCUT2D eigenvalue weighted by atomic mass is 32.2. The molecule has 114 valence electrons. The van der Waals surface area contributed by atoms with E-state index in [2.05, 4.69) is 10.3 Å². The summed E-state index contributed by atoms with van der Waals surface area (Å²) in [5.74, 6) is -0.351. The van der Waals surface area contributed by atoms with Crippen LogP contribution in [0.2, 0.25) is 0 Å². The van der Waals surface area contributed by atoms with Crippen LogP contribution in [-0.2, 0) is 9.84 Å². The van der Waals surface area contributed by atoms with E-state index in [1.807, 2.05) is 0 Å². The second kappa shape index (κ2) is 5.42. The van der Waals surface area contributed by atoms with E-state index < -0.39 is 9.84 Å². The van der Waals surface area contributed by atoms with E-state index in [1.54, 1.807) is 24.3 Å². The highest BCUT2D eigenvalue weighted by Gasteiger charge is 2.30. The first-order valence-corrected chi connectivity index (χ1v) is 8.44. The number of aromatic nitrogens is 1. The number of hydrogen-bond donors (Lipinski definition) is 2. The number of aromatic amines is 1. The molecular formula is C15H14N2O4S. The lowest BCUT2D eigenvalue weighted by Crippen LogP contribution is -2.34. The molecule has 0 saturated carbocycles. The van der Waals surface area contributed by atoms with Crippen LogP contribution in [-0.4, -0.2) is 25.1 Å². The van der Waals surface area contributed by atoms with Crippen molar-refractivity contribution in [2.24, 2.45) is 0 Å². The van der Waals surface area contributed by atoms with Crippen molar-refractivity contribution in [2.75, 3.05) is 5.75 Å². The maximum atomic E-state index is 12.2. The Morgan fingerprint density at radius 2 is 1.95 bits per heavy atom. The van der Waals surface area contributed by atoms with Crippen molar-refractivity contribution < 1.29 is 13.2 Å². The molecule has 2 aromatic rings. The van der Waals surface area contributed by atoms with Gasteiger partial charge in [-0.1, -0.05) is 18.2 Å². The Morgan fingerprint density at radius 3 is 2.68 bits per heavy atom. The van der Waals surface area contributed by atoms with E-state index in [1.165, 1.54) is 18.3 Å². The van der Waals surface area contributed by atoms with Gasteiger partial charge in [0, 0.05) is 12.3 Å². The van der Waals surface area contributed by atoms with Gasteiger partial charge in [0.25, 0.3) is 5.91 Å². The Morgan fingerprint density at radius 1 is 1.18 bits per heavy atom. The molecular weight excluding hydrogens is 304 g/mol. The molecule has 1 atom stereocenters. The molecule has 0 fully saturated rings. The van der Waals surface area contributed by atoms with Gasteiger partial charge >= 0.3 is 0 Å². The third-order valence-corrected chi connectivity index (χ3v) is 5.47. The topological polar surface area (TPSA) is 96.1 Å². The molecule has 0 saturated heterocycles. The molecule has 1 aromatic carbocycles. The van der Waals surface area contributed by atoms with Crippen LogP contribution in [0.5, 0.6) is 0 Å². The third-order valence-electron chi connectivity index (χ3n) is 3.66. The number of fused-ring (bicyclic) bond motifs is 1. The summed E-state index contributed by atoms with van der Waals surface area (Å²) < 4.78 is 24.1. The van der Waals surface area contributed by atoms with Crippen molar-refractivity contribution >= 4 is 15.7 Å². The van der Waals surface area contributed by atoms with Gasteiger partial charge in [0.05, 0.1) is 22.3 Å². The Kier molecular flexibility index (Phi) is 3.58. The van der Waals surface area contributed by atoms with Gasteiger partial charge in [-0.2, -0.15) is 0 Å². The minimum atomic E-state index is -3.28. The van der Waals surface area contributed by atoms with E-state index in [0.29, 0.717) is 17.5 Å². The van der Waals surface area contributed by atoms with Crippen LogP contribution in [0.25, 0.3) is 0 Å². The van der Waals surface area contributed by atoms with Crippen molar-refractivity contribution in [3.8, 4) is 0 Å². The lowest BCUT2D eigenvalue weighted by molar-refractivity contribution is 0.0934. The van der Waals surface area contributed by atoms with E-state index in [4.69, 9.17) is 0 Å². The number of carbonyl (C=O) groups excluding carboxylic acids is 1. The highest BCUT2D eigenvalue weighted by molar-refractivity contribution is 7.91. The maximum absolute atomic E-state index is 12.2. The number of carbonyl (C=O) groups is 1. The minimum Gasteiger partial charge on any atom is -0.345 e. The molecule has 0 radical (unpaired) electrons. The summed E-state index contributed by atoms with van der Waals surface area (Å²) in [7, 11) is -3.28. The average molecular weight is 318 g/mol. The highest BCUT2D eigenvalue weighted by Crippen LogP contribution is 2.31. The van der Waals surface area contributed by atoms with Gasteiger partial charge < -0.3 is 10.3 Å². The van der Waals surface area contributed by atoms with Gasteiger partial charge in [0.2, 0.25) is 5.56 Å². The Hall–Kier alpha value is -2.41. The number of pyridine rings is 1. The number of sulfone groups is 1. The van der Waals surface area contributed by atoms with Crippen LogP contribution in [0.1, 0.15) is 28.4 Å². The van der Waals surface area contributed by atoms with E-state index in [9.17, 15) is 18.0 Å². The molecule has 0 bridgehead atoms. The van der Waals surface area contributed by atoms with Gasteiger partial charge in [0.15, 0.2) is 9.84 Å². The van der Waals surface area contributed by atoms with Crippen molar-refractivity contribution in [2.45, 2.75) is 17.4 Å². The molecule has 1 unspecified atom stereocenters. The van der Waals surface area contributed by atoms with E-state index in [0.717, 1.165) is 0 Å². The first-order valence-electron chi connectivity index (χ1n) is 6.79. The lowest BCUT2D eigenvalue weighted by Gasteiger charge is -2.26. The predicted molar refractivity (Wildman–Crippen MR) is 80.4 cm³/mol. The lowest BCUT2D eigenvalue weighted by atomic mass is 10.0. The van der Waals surface area contributed by atoms with E-state index in [-0.39, 0.29) is 28.2 Å². The summed E-state index contributed by atoms with van der Waals surface area (Å²) in [6.45, 7) is 0. The zero-order chi connectivity index (χ0) is 15.7. The summed E-state index contributed by atoms with van der Waals surface area (Å²) in [6.07, 6.45) is 1.66. The minimum absolute atomic E-state index is 0.000578. The van der Waals surface area contributed by atoms with Crippen molar-refractivity contribution in [3.05, 3.63) is 64.1 Å². The Bertz CT molecular complexity index is 866. The first kappa shape index (κ1) is 14.5. The largest absolute Gasteiger partial charge is 0.345 e. The number of amides is 1. The number of benzene rings is 1. The summed E-state index contributed by atoms with van der Waals surface area (Å²) in [4.78, 5) is 25.9. The molecule has 2 heterocycles.